The van der Waals surface area contributed by atoms with Gasteiger partial charge in [-0.05, 0) is 31.9 Å². The summed E-state index contributed by atoms with van der Waals surface area (Å²) in [5.41, 5.74) is 0. The summed E-state index contributed by atoms with van der Waals surface area (Å²) in [5.74, 6) is -0.598. The van der Waals surface area contributed by atoms with Gasteiger partial charge in [0, 0.05) is 6.61 Å². The third-order valence-corrected chi connectivity index (χ3v) is 4.16. The standard InChI is InChI=1S/C13H17NO4S/c1-8(9-4-3-7-18-9)14-12(15)10-5-6-11(19-10)13(16)17-2/h5-6,8-9H,3-4,7H2,1-2H3,(H,14,15). The number of methoxy groups -OCH3 is 1. The number of ether oxygens (including phenoxy) is 2. The molecule has 0 aliphatic carbocycles. The molecular formula is C13H17NO4S. The molecule has 1 aromatic rings. The summed E-state index contributed by atoms with van der Waals surface area (Å²) in [6, 6.07) is 3.20. The van der Waals surface area contributed by atoms with Crippen LogP contribution < -0.4 is 5.32 Å². The average Bonchev–Trinajstić information content (AvgIpc) is 3.08. The highest BCUT2D eigenvalue weighted by molar-refractivity contribution is 7.15. The Morgan fingerprint density at radius 3 is 2.84 bits per heavy atom. The number of nitrogens with one attached hydrogen (secondary N) is 1. The maximum Gasteiger partial charge on any atom is 0.348 e. The molecule has 1 N–H and O–H groups in total. The van der Waals surface area contributed by atoms with E-state index < -0.39 is 5.97 Å². The van der Waals surface area contributed by atoms with Gasteiger partial charge < -0.3 is 14.8 Å². The minimum absolute atomic E-state index is 0.0290. The molecule has 1 saturated heterocycles. The van der Waals surface area contributed by atoms with Gasteiger partial charge >= 0.3 is 5.97 Å². The predicted molar refractivity (Wildman–Crippen MR) is 71.6 cm³/mol. The van der Waals surface area contributed by atoms with Crippen molar-refractivity contribution >= 4 is 23.2 Å². The van der Waals surface area contributed by atoms with Gasteiger partial charge in [-0.25, -0.2) is 4.79 Å². The normalized spacial score (nSPS) is 20.0. The van der Waals surface area contributed by atoms with Crippen LogP contribution in [0, 0.1) is 0 Å². The van der Waals surface area contributed by atoms with Crippen LogP contribution in [0.5, 0.6) is 0 Å². The van der Waals surface area contributed by atoms with Gasteiger partial charge in [0.05, 0.1) is 24.1 Å². The van der Waals surface area contributed by atoms with Crippen molar-refractivity contribution in [3.63, 3.8) is 0 Å². The molecule has 1 fully saturated rings. The molecule has 2 rings (SSSR count). The fraction of sp³-hybridized carbons (Fsp3) is 0.538. The Balaban J connectivity index is 1.95. The first-order valence-corrected chi connectivity index (χ1v) is 7.04. The zero-order chi connectivity index (χ0) is 13.8. The second-order valence-electron chi connectivity index (χ2n) is 4.47. The molecule has 1 aliphatic heterocycles. The van der Waals surface area contributed by atoms with Gasteiger partial charge in [0.2, 0.25) is 0 Å². The molecule has 0 spiro atoms. The molecule has 19 heavy (non-hydrogen) atoms. The van der Waals surface area contributed by atoms with E-state index in [1.54, 1.807) is 12.1 Å². The fourth-order valence-corrected chi connectivity index (χ4v) is 2.87. The molecule has 104 valence electrons. The van der Waals surface area contributed by atoms with Crippen molar-refractivity contribution in [3.05, 3.63) is 21.9 Å². The summed E-state index contributed by atoms with van der Waals surface area (Å²) in [5, 5.41) is 2.90. The van der Waals surface area contributed by atoms with E-state index >= 15 is 0 Å². The Labute approximate surface area is 115 Å². The summed E-state index contributed by atoms with van der Waals surface area (Å²) in [4.78, 5) is 24.3. The average molecular weight is 283 g/mol. The van der Waals surface area contributed by atoms with E-state index in [4.69, 9.17) is 4.74 Å². The molecule has 5 nitrogen and oxygen atoms in total. The minimum Gasteiger partial charge on any atom is -0.465 e. The molecule has 1 amide bonds. The maximum absolute atomic E-state index is 12.0. The second kappa shape index (κ2) is 6.16. The van der Waals surface area contributed by atoms with E-state index in [2.05, 4.69) is 10.1 Å². The van der Waals surface area contributed by atoms with Crippen molar-refractivity contribution in [2.75, 3.05) is 13.7 Å². The zero-order valence-electron chi connectivity index (χ0n) is 11.0. The molecular weight excluding hydrogens is 266 g/mol. The number of rotatable bonds is 4. The number of hydrogen-bond acceptors (Lipinski definition) is 5. The highest BCUT2D eigenvalue weighted by Gasteiger charge is 2.24. The highest BCUT2D eigenvalue weighted by atomic mass is 32.1. The van der Waals surface area contributed by atoms with Crippen LogP contribution >= 0.6 is 11.3 Å². The maximum atomic E-state index is 12.0. The summed E-state index contributed by atoms with van der Waals surface area (Å²) in [6.07, 6.45) is 2.10. The number of thiophene rings is 1. The summed E-state index contributed by atoms with van der Waals surface area (Å²) in [6.45, 7) is 2.69. The molecule has 0 saturated carbocycles. The van der Waals surface area contributed by atoms with Crippen LogP contribution in [-0.2, 0) is 9.47 Å². The number of amides is 1. The Morgan fingerprint density at radius 2 is 2.21 bits per heavy atom. The van der Waals surface area contributed by atoms with E-state index in [9.17, 15) is 9.59 Å². The van der Waals surface area contributed by atoms with E-state index in [1.165, 1.54) is 7.11 Å². The molecule has 0 aromatic carbocycles. The predicted octanol–water partition coefficient (Wildman–Crippen LogP) is 1.83. The van der Waals surface area contributed by atoms with Gasteiger partial charge in [0.25, 0.3) is 5.91 Å². The Kier molecular flexibility index (Phi) is 4.55. The molecule has 2 unspecified atom stereocenters. The second-order valence-corrected chi connectivity index (χ2v) is 5.55. The van der Waals surface area contributed by atoms with Crippen LogP contribution in [0.1, 0.15) is 39.1 Å². The van der Waals surface area contributed by atoms with Crippen molar-refractivity contribution < 1.29 is 19.1 Å². The first-order valence-electron chi connectivity index (χ1n) is 6.22. The molecule has 6 heteroatoms. The lowest BCUT2D eigenvalue weighted by Gasteiger charge is -2.19. The number of hydrogen-bond donors (Lipinski definition) is 1. The molecule has 2 atom stereocenters. The third-order valence-electron chi connectivity index (χ3n) is 3.10. The number of carbonyl (C=O) groups is 2. The van der Waals surface area contributed by atoms with Crippen molar-refractivity contribution in [1.29, 1.82) is 0 Å². The van der Waals surface area contributed by atoms with Crippen molar-refractivity contribution in [2.24, 2.45) is 0 Å². The lowest BCUT2D eigenvalue weighted by Crippen LogP contribution is -2.40. The van der Waals surface area contributed by atoms with Gasteiger partial charge in [-0.1, -0.05) is 0 Å². The Bertz CT molecular complexity index is 465. The summed E-state index contributed by atoms with van der Waals surface area (Å²) >= 11 is 1.13. The first kappa shape index (κ1) is 14.0. The molecule has 2 heterocycles. The smallest absolute Gasteiger partial charge is 0.348 e. The fourth-order valence-electron chi connectivity index (χ4n) is 2.04. The SMILES string of the molecule is COC(=O)c1ccc(C(=O)NC(C)C2CCCO2)s1. The minimum atomic E-state index is -0.420. The summed E-state index contributed by atoms with van der Waals surface area (Å²) < 4.78 is 10.1. The van der Waals surface area contributed by atoms with E-state index in [0.29, 0.717) is 9.75 Å². The Morgan fingerprint density at radius 1 is 1.47 bits per heavy atom. The van der Waals surface area contributed by atoms with Crippen LogP contribution in [-0.4, -0.2) is 37.7 Å². The van der Waals surface area contributed by atoms with Gasteiger partial charge in [0.1, 0.15) is 4.88 Å². The Hall–Kier alpha value is -1.40. The van der Waals surface area contributed by atoms with Crippen LogP contribution in [0.25, 0.3) is 0 Å². The van der Waals surface area contributed by atoms with Gasteiger partial charge in [0.15, 0.2) is 0 Å². The van der Waals surface area contributed by atoms with Crippen LogP contribution in [0.2, 0.25) is 0 Å². The lowest BCUT2D eigenvalue weighted by molar-refractivity contribution is 0.0606. The van der Waals surface area contributed by atoms with Gasteiger partial charge in [-0.2, -0.15) is 0 Å². The number of carbonyl (C=O) groups excluding carboxylic acids is 2. The summed E-state index contributed by atoms with van der Waals surface area (Å²) in [7, 11) is 1.32. The highest BCUT2D eigenvalue weighted by Crippen LogP contribution is 2.19. The van der Waals surface area contributed by atoms with Crippen molar-refractivity contribution in [2.45, 2.75) is 31.9 Å². The van der Waals surface area contributed by atoms with E-state index in [-0.39, 0.29) is 18.1 Å². The van der Waals surface area contributed by atoms with E-state index in [0.717, 1.165) is 30.8 Å². The quantitative estimate of drug-likeness (QED) is 0.856. The zero-order valence-corrected chi connectivity index (χ0v) is 11.8. The molecule has 1 aromatic heterocycles. The molecule has 1 aliphatic rings. The third kappa shape index (κ3) is 3.33. The van der Waals surface area contributed by atoms with Crippen LogP contribution in [0.4, 0.5) is 0 Å². The molecule has 0 radical (unpaired) electrons. The van der Waals surface area contributed by atoms with Crippen LogP contribution in [0.3, 0.4) is 0 Å². The van der Waals surface area contributed by atoms with E-state index in [1.807, 2.05) is 6.92 Å². The largest absolute Gasteiger partial charge is 0.465 e. The molecule has 0 bridgehead atoms. The van der Waals surface area contributed by atoms with Crippen LogP contribution in [0.15, 0.2) is 12.1 Å². The topological polar surface area (TPSA) is 64.6 Å². The van der Waals surface area contributed by atoms with Gasteiger partial charge in [-0.3, -0.25) is 4.79 Å². The van der Waals surface area contributed by atoms with Gasteiger partial charge in [-0.15, -0.1) is 11.3 Å². The number of esters is 1. The lowest BCUT2D eigenvalue weighted by atomic mass is 10.1. The monoisotopic (exact) mass is 283 g/mol. The van der Waals surface area contributed by atoms with Crippen molar-refractivity contribution in [1.82, 2.24) is 5.32 Å². The first-order chi connectivity index (χ1) is 9.11. The van der Waals surface area contributed by atoms with Crippen molar-refractivity contribution in [3.8, 4) is 0 Å².